The minimum Gasteiger partial charge on any atom is -0.370 e. The van der Waals surface area contributed by atoms with Crippen molar-refractivity contribution in [2.24, 2.45) is 0 Å². The molecule has 0 saturated carbocycles. The number of aryl methyl sites for hydroxylation is 1. The van der Waals surface area contributed by atoms with Gasteiger partial charge in [0.15, 0.2) is 0 Å². The van der Waals surface area contributed by atoms with E-state index in [2.05, 4.69) is 47.3 Å². The van der Waals surface area contributed by atoms with E-state index in [1.165, 1.54) is 49.2 Å². The highest BCUT2D eigenvalue weighted by molar-refractivity contribution is 5.55. The average molecular weight is 273 g/mol. The van der Waals surface area contributed by atoms with Crippen LogP contribution in [-0.4, -0.2) is 44.2 Å². The Kier molecular flexibility index (Phi) is 3.99. The quantitative estimate of drug-likeness (QED) is 0.912. The second-order valence-corrected chi connectivity index (χ2v) is 6.45. The van der Waals surface area contributed by atoms with Crippen molar-refractivity contribution in [3.8, 4) is 0 Å². The topological polar surface area (TPSA) is 18.5 Å². The Morgan fingerprint density at radius 1 is 1.20 bits per heavy atom. The summed E-state index contributed by atoms with van der Waals surface area (Å²) in [5.41, 5.74) is 4.23. The third kappa shape index (κ3) is 2.57. The molecule has 20 heavy (non-hydrogen) atoms. The number of rotatable bonds is 3. The number of hydrogen-bond acceptors (Lipinski definition) is 3. The molecular formula is C17H27N3. The Morgan fingerprint density at radius 2 is 2.00 bits per heavy atom. The summed E-state index contributed by atoms with van der Waals surface area (Å²) in [4.78, 5) is 5.23. The Balaban J connectivity index is 1.85. The number of benzene rings is 1. The number of fused-ring (bicyclic) bond motifs is 2. The largest absolute Gasteiger partial charge is 0.370 e. The number of hydrogen-bond donors (Lipinski definition) is 1. The molecule has 0 spiro atoms. The molecular weight excluding hydrogens is 246 g/mol. The first-order valence-electron chi connectivity index (χ1n) is 7.90. The first-order valence-corrected chi connectivity index (χ1v) is 7.90. The van der Waals surface area contributed by atoms with E-state index >= 15 is 0 Å². The van der Waals surface area contributed by atoms with Gasteiger partial charge in [-0.2, -0.15) is 0 Å². The van der Waals surface area contributed by atoms with Crippen LogP contribution in [-0.2, 0) is 6.54 Å². The Bertz CT molecular complexity index is 471. The van der Waals surface area contributed by atoms with Crippen molar-refractivity contribution in [2.75, 3.05) is 32.1 Å². The molecule has 3 heteroatoms. The van der Waals surface area contributed by atoms with Crippen molar-refractivity contribution in [3.05, 3.63) is 29.3 Å². The van der Waals surface area contributed by atoms with Crippen LogP contribution in [0.15, 0.2) is 18.2 Å². The minimum absolute atomic E-state index is 0.742. The molecule has 0 aliphatic carbocycles. The van der Waals surface area contributed by atoms with Crippen LogP contribution < -0.4 is 10.2 Å². The van der Waals surface area contributed by atoms with Gasteiger partial charge in [0, 0.05) is 37.4 Å². The summed E-state index contributed by atoms with van der Waals surface area (Å²) in [6.45, 7) is 5.52. The highest BCUT2D eigenvalue weighted by atomic mass is 15.3. The molecule has 3 nitrogen and oxygen atoms in total. The zero-order valence-electron chi connectivity index (χ0n) is 13.0. The second kappa shape index (κ2) is 5.74. The first kappa shape index (κ1) is 13.9. The van der Waals surface area contributed by atoms with Crippen molar-refractivity contribution >= 4 is 5.69 Å². The van der Waals surface area contributed by atoms with Gasteiger partial charge in [0.05, 0.1) is 0 Å². The molecule has 0 amide bonds. The van der Waals surface area contributed by atoms with Crippen molar-refractivity contribution in [2.45, 2.75) is 44.8 Å². The molecule has 2 unspecified atom stereocenters. The molecule has 2 heterocycles. The Morgan fingerprint density at radius 3 is 2.80 bits per heavy atom. The van der Waals surface area contributed by atoms with Crippen LogP contribution >= 0.6 is 0 Å². The van der Waals surface area contributed by atoms with Crippen LogP contribution in [0.4, 0.5) is 5.69 Å². The van der Waals surface area contributed by atoms with E-state index < -0.39 is 0 Å². The summed E-state index contributed by atoms with van der Waals surface area (Å²) in [5.74, 6) is 0. The normalized spacial score (nSPS) is 26.9. The van der Waals surface area contributed by atoms with Crippen LogP contribution in [0.5, 0.6) is 0 Å². The van der Waals surface area contributed by atoms with E-state index in [0.717, 1.165) is 18.6 Å². The molecule has 0 aromatic heterocycles. The van der Waals surface area contributed by atoms with Crippen molar-refractivity contribution in [3.63, 3.8) is 0 Å². The predicted molar refractivity (Wildman–Crippen MR) is 85.3 cm³/mol. The molecule has 3 rings (SSSR count). The molecule has 110 valence electrons. The Labute approximate surface area is 123 Å². The lowest BCUT2D eigenvalue weighted by Gasteiger charge is -2.29. The maximum atomic E-state index is 3.31. The van der Waals surface area contributed by atoms with Gasteiger partial charge in [0.25, 0.3) is 0 Å². The van der Waals surface area contributed by atoms with Gasteiger partial charge in [-0.25, -0.2) is 0 Å². The zero-order valence-corrected chi connectivity index (χ0v) is 13.0. The summed E-state index contributed by atoms with van der Waals surface area (Å²) < 4.78 is 0. The SMILES string of the molecule is CNCc1cc(C)ccc1N1CCC2CCC(C1)N2C. The predicted octanol–water partition coefficient (Wildman–Crippen LogP) is 2.39. The molecule has 1 aromatic carbocycles. The second-order valence-electron chi connectivity index (χ2n) is 6.45. The van der Waals surface area contributed by atoms with Gasteiger partial charge >= 0.3 is 0 Å². The number of likely N-dealkylation sites (N-methyl/N-ethyl adjacent to an activating group) is 1. The standard InChI is InChI=1S/C17H27N3/c1-13-4-7-17(14(10-13)11-18-2)20-9-8-15-5-6-16(12-20)19(15)3/h4,7,10,15-16,18H,5-6,8-9,11-12H2,1-3H3. The summed E-state index contributed by atoms with van der Waals surface area (Å²) in [7, 11) is 4.35. The third-order valence-corrected chi connectivity index (χ3v) is 5.09. The van der Waals surface area contributed by atoms with Crippen molar-refractivity contribution in [1.82, 2.24) is 10.2 Å². The van der Waals surface area contributed by atoms with E-state index in [-0.39, 0.29) is 0 Å². The van der Waals surface area contributed by atoms with Crippen LogP contribution in [0.25, 0.3) is 0 Å². The van der Waals surface area contributed by atoms with Crippen LogP contribution in [0.1, 0.15) is 30.4 Å². The van der Waals surface area contributed by atoms with E-state index in [1.807, 2.05) is 7.05 Å². The van der Waals surface area contributed by atoms with Gasteiger partial charge < -0.3 is 10.2 Å². The average Bonchev–Trinajstić information content (AvgIpc) is 2.65. The van der Waals surface area contributed by atoms with Crippen molar-refractivity contribution < 1.29 is 0 Å². The maximum absolute atomic E-state index is 3.31. The van der Waals surface area contributed by atoms with Crippen LogP contribution in [0, 0.1) is 6.92 Å². The van der Waals surface area contributed by atoms with E-state index in [0.29, 0.717) is 0 Å². The van der Waals surface area contributed by atoms with Gasteiger partial charge in [0.2, 0.25) is 0 Å². The zero-order chi connectivity index (χ0) is 14.1. The minimum atomic E-state index is 0.742. The summed E-state index contributed by atoms with van der Waals surface area (Å²) in [5, 5.41) is 3.31. The molecule has 2 bridgehead atoms. The van der Waals surface area contributed by atoms with Gasteiger partial charge in [-0.3, -0.25) is 4.90 Å². The van der Waals surface area contributed by atoms with E-state index in [9.17, 15) is 0 Å². The monoisotopic (exact) mass is 273 g/mol. The fourth-order valence-electron chi connectivity index (χ4n) is 3.88. The molecule has 2 atom stereocenters. The van der Waals surface area contributed by atoms with Gasteiger partial charge in [-0.05, 0) is 51.9 Å². The number of anilines is 1. The molecule has 2 saturated heterocycles. The lowest BCUT2D eigenvalue weighted by molar-refractivity contribution is 0.254. The fraction of sp³-hybridized carbons (Fsp3) is 0.647. The highest BCUT2D eigenvalue weighted by Crippen LogP contribution is 2.32. The molecule has 1 N–H and O–H groups in total. The maximum Gasteiger partial charge on any atom is 0.0412 e. The molecule has 2 aliphatic rings. The third-order valence-electron chi connectivity index (χ3n) is 5.09. The number of nitrogens with one attached hydrogen (secondary N) is 1. The summed E-state index contributed by atoms with van der Waals surface area (Å²) in [6, 6.07) is 8.45. The molecule has 2 fully saturated rings. The van der Waals surface area contributed by atoms with E-state index in [1.54, 1.807) is 0 Å². The first-order chi connectivity index (χ1) is 9.69. The molecule has 1 aromatic rings. The van der Waals surface area contributed by atoms with Gasteiger partial charge in [-0.1, -0.05) is 17.7 Å². The van der Waals surface area contributed by atoms with Crippen LogP contribution in [0.2, 0.25) is 0 Å². The molecule has 2 aliphatic heterocycles. The van der Waals surface area contributed by atoms with Crippen molar-refractivity contribution in [1.29, 1.82) is 0 Å². The summed E-state index contributed by atoms with van der Waals surface area (Å²) >= 11 is 0. The smallest absolute Gasteiger partial charge is 0.0412 e. The lowest BCUT2D eigenvalue weighted by atomic mass is 10.0. The van der Waals surface area contributed by atoms with Gasteiger partial charge in [-0.15, -0.1) is 0 Å². The Hall–Kier alpha value is -1.06. The highest BCUT2D eigenvalue weighted by Gasteiger charge is 2.34. The molecule has 0 radical (unpaired) electrons. The summed E-state index contributed by atoms with van der Waals surface area (Å²) in [6.07, 6.45) is 4.07. The number of nitrogens with zero attached hydrogens (tertiary/aromatic N) is 2. The van der Waals surface area contributed by atoms with E-state index in [4.69, 9.17) is 0 Å². The van der Waals surface area contributed by atoms with Crippen LogP contribution in [0.3, 0.4) is 0 Å². The van der Waals surface area contributed by atoms with Gasteiger partial charge in [0.1, 0.15) is 0 Å². The lowest BCUT2D eigenvalue weighted by Crippen LogP contribution is -2.37. The fourth-order valence-corrected chi connectivity index (χ4v) is 3.88.